The standard InChI is InChI=1S/C10H18N2O4/c1-15-9(13)11-7-5-3-4-6-8(7)12-10(14)16-2/h7-8H,3-6H2,1-2H3,(H,11,13)(H,12,14)/t7-,8-/m0/s1. The van der Waals surface area contributed by atoms with E-state index in [4.69, 9.17) is 0 Å². The van der Waals surface area contributed by atoms with Crippen molar-refractivity contribution in [1.82, 2.24) is 10.6 Å². The summed E-state index contributed by atoms with van der Waals surface area (Å²) in [7, 11) is 2.64. The summed E-state index contributed by atoms with van der Waals surface area (Å²) in [6.07, 6.45) is 2.81. The van der Waals surface area contributed by atoms with Crippen molar-refractivity contribution >= 4 is 12.2 Å². The Morgan fingerprint density at radius 3 is 1.62 bits per heavy atom. The number of alkyl carbamates (subject to hydrolysis) is 2. The first-order valence-electron chi connectivity index (χ1n) is 5.36. The van der Waals surface area contributed by atoms with Crippen LogP contribution in [0.15, 0.2) is 0 Å². The van der Waals surface area contributed by atoms with E-state index < -0.39 is 12.2 Å². The molecule has 2 atom stereocenters. The van der Waals surface area contributed by atoms with Gasteiger partial charge in [0.15, 0.2) is 0 Å². The Hall–Kier alpha value is -1.46. The highest BCUT2D eigenvalue weighted by atomic mass is 16.5. The van der Waals surface area contributed by atoms with Crippen LogP contribution in [0.5, 0.6) is 0 Å². The van der Waals surface area contributed by atoms with Crippen molar-refractivity contribution in [2.24, 2.45) is 0 Å². The minimum atomic E-state index is -0.469. The Bertz CT molecular complexity index is 231. The highest BCUT2D eigenvalue weighted by molar-refractivity contribution is 5.69. The lowest BCUT2D eigenvalue weighted by Gasteiger charge is -2.31. The summed E-state index contributed by atoms with van der Waals surface area (Å²) in [4.78, 5) is 22.2. The van der Waals surface area contributed by atoms with Crippen molar-refractivity contribution in [1.29, 1.82) is 0 Å². The number of ether oxygens (including phenoxy) is 2. The van der Waals surface area contributed by atoms with E-state index in [9.17, 15) is 9.59 Å². The molecule has 0 aromatic heterocycles. The number of methoxy groups -OCH3 is 2. The fourth-order valence-corrected chi connectivity index (χ4v) is 1.90. The molecule has 92 valence electrons. The van der Waals surface area contributed by atoms with Crippen LogP contribution in [0.2, 0.25) is 0 Å². The van der Waals surface area contributed by atoms with Crippen LogP contribution >= 0.6 is 0 Å². The van der Waals surface area contributed by atoms with E-state index in [0.717, 1.165) is 25.7 Å². The second-order valence-electron chi connectivity index (χ2n) is 3.77. The molecule has 1 aliphatic rings. The largest absolute Gasteiger partial charge is 0.453 e. The molecule has 1 fully saturated rings. The first kappa shape index (κ1) is 12.6. The molecule has 0 saturated heterocycles. The predicted octanol–water partition coefficient (Wildman–Crippen LogP) is 1.01. The number of nitrogens with one attached hydrogen (secondary N) is 2. The van der Waals surface area contributed by atoms with Crippen molar-refractivity contribution < 1.29 is 19.1 Å². The number of hydrogen-bond acceptors (Lipinski definition) is 4. The molecule has 0 heterocycles. The lowest BCUT2D eigenvalue weighted by atomic mass is 9.90. The predicted molar refractivity (Wildman–Crippen MR) is 57.1 cm³/mol. The van der Waals surface area contributed by atoms with Gasteiger partial charge in [0.1, 0.15) is 0 Å². The van der Waals surface area contributed by atoms with Gasteiger partial charge in [-0.1, -0.05) is 12.8 Å². The van der Waals surface area contributed by atoms with Crippen LogP contribution in [0, 0.1) is 0 Å². The number of carbonyl (C=O) groups is 2. The van der Waals surface area contributed by atoms with Crippen molar-refractivity contribution in [3.05, 3.63) is 0 Å². The number of rotatable bonds is 2. The van der Waals surface area contributed by atoms with Gasteiger partial charge in [0, 0.05) is 0 Å². The molecule has 0 spiro atoms. The normalized spacial score (nSPS) is 24.4. The smallest absolute Gasteiger partial charge is 0.407 e. The summed E-state index contributed by atoms with van der Waals surface area (Å²) in [5, 5.41) is 5.43. The molecule has 2 amide bonds. The zero-order valence-corrected chi connectivity index (χ0v) is 9.62. The van der Waals surface area contributed by atoms with Gasteiger partial charge in [0.25, 0.3) is 0 Å². The zero-order chi connectivity index (χ0) is 12.0. The van der Waals surface area contributed by atoms with Crippen molar-refractivity contribution in [3.8, 4) is 0 Å². The summed E-state index contributed by atoms with van der Waals surface area (Å²) in [6.45, 7) is 0. The molecule has 0 aromatic rings. The van der Waals surface area contributed by atoms with E-state index in [1.54, 1.807) is 0 Å². The quantitative estimate of drug-likeness (QED) is 0.742. The fourth-order valence-electron chi connectivity index (χ4n) is 1.90. The van der Waals surface area contributed by atoms with Crippen LogP contribution in [-0.2, 0) is 9.47 Å². The van der Waals surface area contributed by atoms with Crippen LogP contribution in [0.3, 0.4) is 0 Å². The molecule has 0 aromatic carbocycles. The molecule has 2 N–H and O–H groups in total. The van der Waals surface area contributed by atoms with E-state index in [1.807, 2.05) is 0 Å². The third-order valence-electron chi connectivity index (χ3n) is 2.74. The second-order valence-corrected chi connectivity index (χ2v) is 3.77. The van der Waals surface area contributed by atoms with Gasteiger partial charge in [0.2, 0.25) is 0 Å². The molecule has 0 radical (unpaired) electrons. The number of amides is 2. The molecule has 6 heteroatoms. The molecular weight excluding hydrogens is 212 g/mol. The Morgan fingerprint density at radius 2 is 1.31 bits per heavy atom. The summed E-state index contributed by atoms with van der Waals surface area (Å²) < 4.78 is 9.08. The Kier molecular flexibility index (Phi) is 4.88. The van der Waals surface area contributed by atoms with Crippen LogP contribution in [0.25, 0.3) is 0 Å². The zero-order valence-electron chi connectivity index (χ0n) is 9.62. The average Bonchev–Trinajstić information content (AvgIpc) is 2.31. The highest BCUT2D eigenvalue weighted by Gasteiger charge is 2.28. The minimum Gasteiger partial charge on any atom is -0.453 e. The number of carbonyl (C=O) groups excluding carboxylic acids is 2. The summed E-state index contributed by atoms with van der Waals surface area (Å²) >= 11 is 0. The van der Waals surface area contributed by atoms with Crippen LogP contribution in [0.4, 0.5) is 9.59 Å². The second kappa shape index (κ2) is 6.19. The monoisotopic (exact) mass is 230 g/mol. The van der Waals surface area contributed by atoms with Gasteiger partial charge in [-0.05, 0) is 12.8 Å². The van der Waals surface area contributed by atoms with Gasteiger partial charge >= 0.3 is 12.2 Å². The van der Waals surface area contributed by atoms with E-state index >= 15 is 0 Å². The molecule has 1 aliphatic carbocycles. The van der Waals surface area contributed by atoms with Gasteiger partial charge in [-0.3, -0.25) is 0 Å². The van der Waals surface area contributed by atoms with Crippen LogP contribution < -0.4 is 10.6 Å². The van der Waals surface area contributed by atoms with E-state index in [-0.39, 0.29) is 12.1 Å². The van der Waals surface area contributed by atoms with Crippen molar-refractivity contribution in [3.63, 3.8) is 0 Å². The first-order valence-corrected chi connectivity index (χ1v) is 5.36. The topological polar surface area (TPSA) is 76.7 Å². The third kappa shape index (κ3) is 3.60. The van der Waals surface area contributed by atoms with Crippen LogP contribution in [0.1, 0.15) is 25.7 Å². The van der Waals surface area contributed by atoms with E-state index in [0.29, 0.717) is 0 Å². The minimum absolute atomic E-state index is 0.0831. The Balaban J connectivity index is 2.49. The van der Waals surface area contributed by atoms with Gasteiger partial charge in [0.05, 0.1) is 26.3 Å². The van der Waals surface area contributed by atoms with E-state index in [2.05, 4.69) is 20.1 Å². The molecule has 16 heavy (non-hydrogen) atoms. The fraction of sp³-hybridized carbons (Fsp3) is 0.800. The third-order valence-corrected chi connectivity index (χ3v) is 2.74. The molecule has 0 aliphatic heterocycles. The molecule has 6 nitrogen and oxygen atoms in total. The molecule has 0 bridgehead atoms. The van der Waals surface area contributed by atoms with E-state index in [1.165, 1.54) is 14.2 Å². The van der Waals surface area contributed by atoms with Crippen LogP contribution in [-0.4, -0.2) is 38.5 Å². The molecular formula is C10H18N2O4. The SMILES string of the molecule is COC(=O)N[C@H]1CCCC[C@@H]1NC(=O)OC. The molecule has 0 unspecified atom stereocenters. The maximum atomic E-state index is 11.1. The Morgan fingerprint density at radius 1 is 0.938 bits per heavy atom. The highest BCUT2D eigenvalue weighted by Crippen LogP contribution is 2.18. The average molecular weight is 230 g/mol. The molecule has 1 rings (SSSR count). The summed E-state index contributed by atoms with van der Waals surface area (Å²) in [5.41, 5.74) is 0. The lowest BCUT2D eigenvalue weighted by Crippen LogP contribution is -2.53. The lowest BCUT2D eigenvalue weighted by molar-refractivity contribution is 0.146. The summed E-state index contributed by atoms with van der Waals surface area (Å²) in [6, 6.07) is -0.166. The van der Waals surface area contributed by atoms with Gasteiger partial charge in [-0.25, -0.2) is 9.59 Å². The summed E-state index contributed by atoms with van der Waals surface area (Å²) in [5.74, 6) is 0. The Labute approximate surface area is 94.7 Å². The molecule has 1 saturated carbocycles. The van der Waals surface area contributed by atoms with Crippen molar-refractivity contribution in [2.45, 2.75) is 37.8 Å². The first-order chi connectivity index (χ1) is 7.67. The van der Waals surface area contributed by atoms with Gasteiger partial charge in [-0.2, -0.15) is 0 Å². The van der Waals surface area contributed by atoms with Gasteiger partial charge < -0.3 is 20.1 Å². The van der Waals surface area contributed by atoms with Gasteiger partial charge in [-0.15, -0.1) is 0 Å². The van der Waals surface area contributed by atoms with Crippen molar-refractivity contribution in [2.75, 3.05) is 14.2 Å². The maximum Gasteiger partial charge on any atom is 0.407 e. The number of hydrogen-bond donors (Lipinski definition) is 2. The maximum absolute atomic E-state index is 11.1.